The standard InChI is InChI=1S/C28H29NO5S/c1-3-4-16-34-21-13-12-20(18-22(21)33-2)25-24(26(30)23-11-8-17-35-23)27(31)28(32)29(25)15-14-19-9-6-5-7-10-19/h5-13,17-18,25,31H,3-4,14-16H2,1-2H3. The minimum atomic E-state index is -0.737. The highest BCUT2D eigenvalue weighted by Gasteiger charge is 2.44. The van der Waals surface area contributed by atoms with E-state index in [4.69, 9.17) is 9.47 Å². The lowest BCUT2D eigenvalue weighted by Crippen LogP contribution is -2.33. The molecule has 1 unspecified atom stereocenters. The molecule has 6 nitrogen and oxygen atoms in total. The fourth-order valence-electron chi connectivity index (χ4n) is 4.20. The predicted octanol–water partition coefficient (Wildman–Crippen LogP) is 5.76. The van der Waals surface area contributed by atoms with Crippen LogP contribution in [-0.4, -0.2) is 42.0 Å². The van der Waals surface area contributed by atoms with Crippen LogP contribution in [-0.2, 0) is 11.2 Å². The van der Waals surface area contributed by atoms with Crippen LogP contribution in [0.5, 0.6) is 11.5 Å². The van der Waals surface area contributed by atoms with E-state index in [0.29, 0.717) is 41.5 Å². The Morgan fingerprint density at radius 2 is 1.89 bits per heavy atom. The molecule has 7 heteroatoms. The molecule has 0 saturated carbocycles. The van der Waals surface area contributed by atoms with E-state index in [1.165, 1.54) is 11.3 Å². The summed E-state index contributed by atoms with van der Waals surface area (Å²) in [5.74, 6) is -0.273. The third kappa shape index (κ3) is 5.25. The first-order chi connectivity index (χ1) is 17.0. The van der Waals surface area contributed by atoms with E-state index in [1.54, 1.807) is 41.7 Å². The van der Waals surface area contributed by atoms with Gasteiger partial charge in [0, 0.05) is 6.54 Å². The number of thiophene rings is 1. The van der Waals surface area contributed by atoms with E-state index >= 15 is 0 Å². The van der Waals surface area contributed by atoms with Crippen molar-refractivity contribution in [2.45, 2.75) is 32.2 Å². The number of carbonyl (C=O) groups is 2. The summed E-state index contributed by atoms with van der Waals surface area (Å²) in [7, 11) is 1.56. The number of aliphatic hydroxyl groups excluding tert-OH is 1. The average molecular weight is 492 g/mol. The van der Waals surface area contributed by atoms with E-state index in [9.17, 15) is 14.7 Å². The molecule has 0 radical (unpaired) electrons. The van der Waals surface area contributed by atoms with Crippen LogP contribution < -0.4 is 9.47 Å². The molecule has 182 valence electrons. The zero-order valence-corrected chi connectivity index (χ0v) is 20.7. The maximum Gasteiger partial charge on any atom is 0.290 e. The van der Waals surface area contributed by atoms with Crippen LogP contribution in [0.1, 0.15) is 46.6 Å². The van der Waals surface area contributed by atoms with Gasteiger partial charge in [0.2, 0.25) is 5.78 Å². The van der Waals surface area contributed by atoms with Crippen LogP contribution in [0.3, 0.4) is 0 Å². The Labute approximate surface area is 209 Å². The summed E-state index contributed by atoms with van der Waals surface area (Å²) in [6, 6.07) is 18.0. The lowest BCUT2D eigenvalue weighted by atomic mass is 9.95. The molecular weight excluding hydrogens is 462 g/mol. The van der Waals surface area contributed by atoms with Gasteiger partial charge in [-0.15, -0.1) is 11.3 Å². The van der Waals surface area contributed by atoms with Crippen molar-refractivity contribution in [1.29, 1.82) is 0 Å². The van der Waals surface area contributed by atoms with Crippen molar-refractivity contribution in [3.63, 3.8) is 0 Å². The molecule has 1 aliphatic rings. The number of benzene rings is 2. The first-order valence-corrected chi connectivity index (χ1v) is 12.6. The van der Waals surface area contributed by atoms with Crippen molar-refractivity contribution in [2.75, 3.05) is 20.3 Å². The number of hydrogen-bond donors (Lipinski definition) is 1. The second-order valence-electron chi connectivity index (χ2n) is 8.32. The molecule has 4 rings (SSSR count). The molecule has 0 saturated heterocycles. The Bertz CT molecular complexity index is 1200. The molecule has 0 fully saturated rings. The van der Waals surface area contributed by atoms with Crippen LogP contribution in [0.4, 0.5) is 0 Å². The fourth-order valence-corrected chi connectivity index (χ4v) is 4.88. The molecule has 0 aliphatic carbocycles. The lowest BCUT2D eigenvalue weighted by molar-refractivity contribution is -0.129. The topological polar surface area (TPSA) is 76.1 Å². The van der Waals surface area contributed by atoms with E-state index in [2.05, 4.69) is 6.92 Å². The molecule has 3 aromatic rings. The molecule has 1 N–H and O–H groups in total. The Kier molecular flexibility index (Phi) is 7.87. The van der Waals surface area contributed by atoms with Crippen molar-refractivity contribution in [2.24, 2.45) is 0 Å². The molecule has 0 spiro atoms. The molecule has 2 heterocycles. The van der Waals surface area contributed by atoms with Gasteiger partial charge in [-0.2, -0.15) is 0 Å². The van der Waals surface area contributed by atoms with Crippen LogP contribution in [0, 0.1) is 0 Å². The van der Waals surface area contributed by atoms with Crippen LogP contribution >= 0.6 is 11.3 Å². The Hall–Kier alpha value is -3.58. The smallest absolute Gasteiger partial charge is 0.290 e. The van der Waals surface area contributed by atoms with E-state index in [1.807, 2.05) is 36.4 Å². The van der Waals surface area contributed by atoms with Gasteiger partial charge in [-0.25, -0.2) is 0 Å². The van der Waals surface area contributed by atoms with Crippen LogP contribution in [0.25, 0.3) is 0 Å². The number of rotatable bonds is 11. The second-order valence-corrected chi connectivity index (χ2v) is 9.27. The number of methoxy groups -OCH3 is 1. The largest absolute Gasteiger partial charge is 0.503 e. The SMILES string of the molecule is CCCCOc1ccc(C2C(C(=O)c3cccs3)=C(O)C(=O)N2CCc2ccccc2)cc1OC. The van der Waals surface area contributed by atoms with Gasteiger partial charge in [0.15, 0.2) is 17.3 Å². The van der Waals surface area contributed by atoms with E-state index in [-0.39, 0.29) is 11.4 Å². The molecular formula is C28H29NO5S. The number of hydrogen-bond acceptors (Lipinski definition) is 6. The highest BCUT2D eigenvalue weighted by atomic mass is 32.1. The number of ketones is 1. The van der Waals surface area contributed by atoms with Gasteiger partial charge in [-0.3, -0.25) is 9.59 Å². The van der Waals surface area contributed by atoms with Gasteiger partial charge in [0.1, 0.15) is 0 Å². The Morgan fingerprint density at radius 3 is 2.57 bits per heavy atom. The van der Waals surface area contributed by atoms with Crippen molar-refractivity contribution in [3.05, 3.63) is 93.4 Å². The summed E-state index contributed by atoms with van der Waals surface area (Å²) in [5, 5.41) is 12.7. The van der Waals surface area contributed by atoms with Crippen molar-refractivity contribution in [1.82, 2.24) is 4.90 Å². The van der Waals surface area contributed by atoms with Crippen LogP contribution in [0.15, 0.2) is 77.4 Å². The summed E-state index contributed by atoms with van der Waals surface area (Å²) in [6.07, 6.45) is 2.52. The number of Topliss-reactive ketones (excluding diaryl/α,β-unsaturated/α-hetero) is 1. The van der Waals surface area contributed by atoms with Gasteiger partial charge < -0.3 is 19.5 Å². The number of nitrogens with zero attached hydrogens (tertiary/aromatic N) is 1. The highest BCUT2D eigenvalue weighted by molar-refractivity contribution is 7.12. The zero-order valence-electron chi connectivity index (χ0n) is 19.9. The zero-order chi connectivity index (χ0) is 24.8. The normalized spacial score (nSPS) is 15.5. The quantitative estimate of drug-likeness (QED) is 0.273. The number of amides is 1. The maximum atomic E-state index is 13.4. The monoisotopic (exact) mass is 491 g/mol. The van der Waals surface area contributed by atoms with Gasteiger partial charge in [0.25, 0.3) is 5.91 Å². The molecule has 1 aromatic heterocycles. The summed E-state index contributed by atoms with van der Waals surface area (Å²) in [4.78, 5) is 28.7. The van der Waals surface area contributed by atoms with Gasteiger partial charge >= 0.3 is 0 Å². The second kappa shape index (κ2) is 11.2. The van der Waals surface area contributed by atoms with E-state index < -0.39 is 17.7 Å². The summed E-state index contributed by atoms with van der Waals surface area (Å²) >= 11 is 1.28. The van der Waals surface area contributed by atoms with Gasteiger partial charge in [0.05, 0.1) is 30.2 Å². The lowest BCUT2D eigenvalue weighted by Gasteiger charge is -2.27. The summed E-state index contributed by atoms with van der Waals surface area (Å²) < 4.78 is 11.4. The number of carbonyl (C=O) groups excluding carboxylic acids is 2. The minimum Gasteiger partial charge on any atom is -0.503 e. The molecule has 35 heavy (non-hydrogen) atoms. The Balaban J connectivity index is 1.71. The summed E-state index contributed by atoms with van der Waals surface area (Å²) in [6.45, 7) is 3.01. The molecule has 1 amide bonds. The van der Waals surface area contributed by atoms with E-state index in [0.717, 1.165) is 18.4 Å². The number of unbranched alkanes of at least 4 members (excludes halogenated alkanes) is 1. The first kappa shape index (κ1) is 24.5. The Morgan fingerprint density at radius 1 is 1.09 bits per heavy atom. The molecule has 1 atom stereocenters. The predicted molar refractivity (Wildman–Crippen MR) is 136 cm³/mol. The van der Waals surface area contributed by atoms with Crippen LogP contribution in [0.2, 0.25) is 0 Å². The molecule has 1 aliphatic heterocycles. The molecule has 2 aromatic carbocycles. The first-order valence-electron chi connectivity index (χ1n) is 11.7. The van der Waals surface area contributed by atoms with Crippen molar-refractivity contribution in [3.8, 4) is 11.5 Å². The van der Waals surface area contributed by atoms with Crippen molar-refractivity contribution < 1.29 is 24.2 Å². The third-order valence-corrected chi connectivity index (χ3v) is 6.90. The minimum absolute atomic E-state index is 0.0900. The van der Waals surface area contributed by atoms with Gasteiger partial charge in [-0.1, -0.05) is 55.8 Å². The molecule has 0 bridgehead atoms. The van der Waals surface area contributed by atoms with Gasteiger partial charge in [-0.05, 0) is 47.5 Å². The number of ether oxygens (including phenoxy) is 2. The third-order valence-electron chi connectivity index (χ3n) is 6.04. The fraction of sp³-hybridized carbons (Fsp3) is 0.286. The summed E-state index contributed by atoms with van der Waals surface area (Å²) in [5.41, 5.74) is 1.83. The maximum absolute atomic E-state index is 13.4. The number of aliphatic hydroxyl groups is 1. The average Bonchev–Trinajstić information content (AvgIpc) is 3.51. The van der Waals surface area contributed by atoms with Crippen molar-refractivity contribution >= 4 is 23.0 Å². The highest BCUT2D eigenvalue weighted by Crippen LogP contribution is 2.42.